The van der Waals surface area contributed by atoms with Gasteiger partial charge in [-0.3, -0.25) is 4.79 Å². The molecular formula is C9H15NO5. The molecule has 0 aromatic rings. The largest absolute Gasteiger partial charge is 0.464 e. The first kappa shape index (κ1) is 13.4. The quantitative estimate of drug-likeness (QED) is 0.386. The highest BCUT2D eigenvalue weighted by Crippen LogP contribution is 1.94. The van der Waals surface area contributed by atoms with E-state index in [0.29, 0.717) is 0 Å². The monoisotopic (exact) mass is 218 g/mol. The Labute approximate surface area is 87.9 Å². The van der Waals surface area contributed by atoms with E-state index in [-0.39, 0.29) is 13.2 Å². The highest BCUT2D eigenvalue weighted by atomic mass is 16.6. The Hall–Kier alpha value is -1.59. The molecule has 1 amide bonds. The molecule has 0 atom stereocenters. The summed E-state index contributed by atoms with van der Waals surface area (Å²) in [5.41, 5.74) is 0. The highest BCUT2D eigenvalue weighted by molar-refractivity contribution is 6.02. The lowest BCUT2D eigenvalue weighted by atomic mass is 10.3. The van der Waals surface area contributed by atoms with E-state index in [4.69, 9.17) is 0 Å². The van der Waals surface area contributed by atoms with E-state index in [9.17, 15) is 14.4 Å². The summed E-state index contributed by atoms with van der Waals surface area (Å²) >= 11 is 0. The fraction of sp³-hybridized carbons (Fsp3) is 0.667. The standard InChI is InChI=1S/C9H15NO5/c1-4-14-8(12)7(10-6(3)11)9(13)15-5-2/h7H,4-5H2,1-3H3,(H,10,11)/i10+1. The number of rotatable bonds is 5. The summed E-state index contributed by atoms with van der Waals surface area (Å²) in [5, 5.41) is 2.16. The van der Waals surface area contributed by atoms with Crippen molar-refractivity contribution >= 4 is 17.8 Å². The predicted molar refractivity (Wildman–Crippen MR) is 50.9 cm³/mol. The summed E-state index contributed by atoms with van der Waals surface area (Å²) in [6, 6.07) is -1.37. The van der Waals surface area contributed by atoms with Crippen LogP contribution < -0.4 is 5.32 Å². The second kappa shape index (κ2) is 6.80. The molecule has 0 aromatic carbocycles. The molecule has 0 bridgehead atoms. The second-order valence-corrected chi connectivity index (χ2v) is 2.64. The second-order valence-electron chi connectivity index (χ2n) is 2.64. The van der Waals surface area contributed by atoms with E-state index in [0.717, 1.165) is 0 Å². The van der Waals surface area contributed by atoms with Gasteiger partial charge in [0.15, 0.2) is 0 Å². The van der Waals surface area contributed by atoms with E-state index < -0.39 is 23.9 Å². The van der Waals surface area contributed by atoms with Gasteiger partial charge in [-0.05, 0) is 13.8 Å². The number of hydrogen-bond donors (Lipinski definition) is 1. The van der Waals surface area contributed by atoms with Crippen molar-refractivity contribution in [3.05, 3.63) is 0 Å². The minimum atomic E-state index is -1.37. The average molecular weight is 218 g/mol. The van der Waals surface area contributed by atoms with Crippen LogP contribution in [0.25, 0.3) is 0 Å². The fourth-order valence-electron chi connectivity index (χ4n) is 0.869. The number of amides is 1. The molecule has 0 aliphatic heterocycles. The van der Waals surface area contributed by atoms with Gasteiger partial charge in [-0.25, -0.2) is 9.59 Å². The third-order valence-corrected chi connectivity index (χ3v) is 1.39. The lowest BCUT2D eigenvalue weighted by Gasteiger charge is -2.14. The summed E-state index contributed by atoms with van der Waals surface area (Å²) < 4.78 is 9.24. The maximum atomic E-state index is 11.3. The zero-order valence-electron chi connectivity index (χ0n) is 9.03. The van der Waals surface area contributed by atoms with Crippen LogP contribution in [0.4, 0.5) is 0 Å². The van der Waals surface area contributed by atoms with Gasteiger partial charge in [0.25, 0.3) is 0 Å². The van der Waals surface area contributed by atoms with Crippen LogP contribution in [0, 0.1) is 0 Å². The van der Waals surface area contributed by atoms with Crippen LogP contribution in [0.1, 0.15) is 20.8 Å². The number of hydrogen-bond acceptors (Lipinski definition) is 5. The van der Waals surface area contributed by atoms with Crippen LogP contribution >= 0.6 is 0 Å². The lowest BCUT2D eigenvalue weighted by Crippen LogP contribution is -2.47. The van der Waals surface area contributed by atoms with Gasteiger partial charge in [0.2, 0.25) is 11.9 Å². The van der Waals surface area contributed by atoms with E-state index in [2.05, 4.69) is 14.8 Å². The van der Waals surface area contributed by atoms with Gasteiger partial charge in [0, 0.05) is 6.92 Å². The first-order valence-corrected chi connectivity index (χ1v) is 4.63. The summed E-state index contributed by atoms with van der Waals surface area (Å²) in [7, 11) is 0. The van der Waals surface area contributed by atoms with Gasteiger partial charge in [-0.1, -0.05) is 0 Å². The van der Waals surface area contributed by atoms with Crippen LogP contribution in [0.15, 0.2) is 0 Å². The Bertz CT molecular complexity index is 233. The molecule has 0 unspecified atom stereocenters. The summed E-state index contributed by atoms with van der Waals surface area (Å²) in [6.07, 6.45) is 0. The Morgan fingerprint density at radius 1 is 1.07 bits per heavy atom. The highest BCUT2D eigenvalue weighted by Gasteiger charge is 2.30. The SMILES string of the molecule is CCOC(=O)C([15NH]C(C)=O)C(=O)OCC. The van der Waals surface area contributed by atoms with Crippen molar-refractivity contribution < 1.29 is 23.9 Å². The maximum absolute atomic E-state index is 11.3. The molecule has 0 saturated carbocycles. The fourth-order valence-corrected chi connectivity index (χ4v) is 0.869. The first-order chi connectivity index (χ1) is 7.02. The van der Waals surface area contributed by atoms with Crippen LogP contribution in [0.3, 0.4) is 0 Å². The molecule has 0 spiro atoms. The van der Waals surface area contributed by atoms with Crippen LogP contribution in [-0.2, 0) is 23.9 Å². The van der Waals surface area contributed by atoms with Gasteiger partial charge >= 0.3 is 11.9 Å². The first-order valence-electron chi connectivity index (χ1n) is 4.63. The van der Waals surface area contributed by atoms with Crippen molar-refractivity contribution in [2.24, 2.45) is 0 Å². The van der Waals surface area contributed by atoms with Gasteiger partial charge in [-0.15, -0.1) is 0 Å². The van der Waals surface area contributed by atoms with E-state index >= 15 is 0 Å². The van der Waals surface area contributed by atoms with Crippen LogP contribution in [0.5, 0.6) is 0 Å². The molecule has 1 N–H and O–H groups in total. The van der Waals surface area contributed by atoms with E-state index in [1.54, 1.807) is 13.8 Å². The molecule has 6 nitrogen and oxygen atoms in total. The smallest absolute Gasteiger partial charge is 0.340 e. The minimum absolute atomic E-state index is 0.133. The molecule has 0 aliphatic rings. The Morgan fingerprint density at radius 2 is 1.47 bits per heavy atom. The summed E-state index contributed by atoms with van der Waals surface area (Å²) in [6.45, 7) is 4.68. The maximum Gasteiger partial charge on any atom is 0.340 e. The molecule has 86 valence electrons. The van der Waals surface area contributed by atoms with Gasteiger partial charge in [0.05, 0.1) is 13.2 Å². The Morgan fingerprint density at radius 3 is 1.73 bits per heavy atom. The van der Waals surface area contributed by atoms with Crippen molar-refractivity contribution in [3.63, 3.8) is 0 Å². The zero-order valence-corrected chi connectivity index (χ0v) is 9.03. The number of carbonyl (C=O) groups excluding carboxylic acids is 3. The van der Waals surface area contributed by atoms with E-state index in [1.807, 2.05) is 0 Å². The Balaban J connectivity index is 4.49. The van der Waals surface area contributed by atoms with Gasteiger partial charge < -0.3 is 14.8 Å². The van der Waals surface area contributed by atoms with Gasteiger partial charge in [0.1, 0.15) is 0 Å². The van der Waals surface area contributed by atoms with Crippen LogP contribution in [-0.4, -0.2) is 37.1 Å². The van der Waals surface area contributed by atoms with E-state index in [1.165, 1.54) is 6.92 Å². The van der Waals surface area contributed by atoms with Crippen molar-refractivity contribution in [2.45, 2.75) is 26.8 Å². The molecule has 0 fully saturated rings. The topological polar surface area (TPSA) is 81.7 Å². The molecule has 0 aromatic heterocycles. The van der Waals surface area contributed by atoms with Crippen molar-refractivity contribution in [1.29, 1.82) is 0 Å². The van der Waals surface area contributed by atoms with Crippen molar-refractivity contribution in [2.75, 3.05) is 13.2 Å². The number of nitrogens with one attached hydrogen (secondary N) is 1. The number of esters is 2. The van der Waals surface area contributed by atoms with Crippen molar-refractivity contribution in [3.8, 4) is 0 Å². The molecule has 0 radical (unpaired) electrons. The molecular weight excluding hydrogens is 203 g/mol. The number of ether oxygens (including phenoxy) is 2. The zero-order chi connectivity index (χ0) is 11.8. The average Bonchev–Trinajstić information content (AvgIpc) is 2.14. The third-order valence-electron chi connectivity index (χ3n) is 1.39. The van der Waals surface area contributed by atoms with Crippen LogP contribution in [0.2, 0.25) is 0 Å². The minimum Gasteiger partial charge on any atom is -0.464 e. The Kier molecular flexibility index (Phi) is 6.08. The third kappa shape index (κ3) is 4.99. The van der Waals surface area contributed by atoms with Gasteiger partial charge in [-0.2, -0.15) is 0 Å². The van der Waals surface area contributed by atoms with Crippen molar-refractivity contribution in [1.82, 2.24) is 5.32 Å². The number of carbonyl (C=O) groups is 3. The molecule has 0 saturated heterocycles. The molecule has 15 heavy (non-hydrogen) atoms. The molecule has 0 rings (SSSR count). The molecule has 0 aliphatic carbocycles. The molecule has 6 heteroatoms. The normalized spacial score (nSPS) is 9.60. The summed E-state index contributed by atoms with van der Waals surface area (Å²) in [4.78, 5) is 33.3. The predicted octanol–water partition coefficient (Wildman–Crippen LogP) is -0.383. The molecule has 0 heterocycles. The summed E-state index contributed by atoms with van der Waals surface area (Å²) in [5.74, 6) is -2.13. The lowest BCUT2D eigenvalue weighted by molar-refractivity contribution is -0.159.